The number of nitrogens with one attached hydrogen (secondary N) is 2. The molecule has 132 valence electrons. The van der Waals surface area contributed by atoms with E-state index in [1.807, 2.05) is 0 Å². The first-order chi connectivity index (χ1) is 11.8. The SMILES string of the molecule is CCCN1C(=O)C(=O)N(CC(=O)Nc2ccc(NC(C)=O)cc2)C1=O. The summed E-state index contributed by atoms with van der Waals surface area (Å²) in [6.45, 7) is 2.73. The molecule has 1 aliphatic rings. The minimum atomic E-state index is -1.00. The van der Waals surface area contributed by atoms with Gasteiger partial charge in [-0.1, -0.05) is 6.92 Å². The van der Waals surface area contributed by atoms with Gasteiger partial charge in [-0.3, -0.25) is 24.1 Å². The van der Waals surface area contributed by atoms with Crippen molar-refractivity contribution in [1.29, 1.82) is 0 Å². The molecule has 0 saturated carbocycles. The van der Waals surface area contributed by atoms with Gasteiger partial charge >= 0.3 is 17.8 Å². The number of imide groups is 2. The normalized spacial score (nSPS) is 14.1. The molecule has 2 rings (SSSR count). The number of nitrogens with zero attached hydrogens (tertiary/aromatic N) is 2. The highest BCUT2D eigenvalue weighted by Crippen LogP contribution is 2.15. The molecule has 0 aliphatic carbocycles. The van der Waals surface area contributed by atoms with Crippen LogP contribution in [-0.4, -0.2) is 52.5 Å². The van der Waals surface area contributed by atoms with Gasteiger partial charge in [-0.05, 0) is 30.7 Å². The van der Waals surface area contributed by atoms with Crippen molar-refractivity contribution in [3.05, 3.63) is 24.3 Å². The fourth-order valence-corrected chi connectivity index (χ4v) is 2.29. The summed E-state index contributed by atoms with van der Waals surface area (Å²) in [4.78, 5) is 60.0. The van der Waals surface area contributed by atoms with Crippen LogP contribution >= 0.6 is 0 Å². The van der Waals surface area contributed by atoms with Crippen molar-refractivity contribution >= 4 is 41.0 Å². The maximum absolute atomic E-state index is 12.0. The Hall–Kier alpha value is -3.23. The Bertz CT molecular complexity index is 729. The highest BCUT2D eigenvalue weighted by Gasteiger charge is 2.44. The Balaban J connectivity index is 1.98. The van der Waals surface area contributed by atoms with Gasteiger partial charge in [0.25, 0.3) is 0 Å². The fourth-order valence-electron chi connectivity index (χ4n) is 2.29. The van der Waals surface area contributed by atoms with Crippen molar-refractivity contribution in [2.75, 3.05) is 23.7 Å². The average molecular weight is 346 g/mol. The monoisotopic (exact) mass is 346 g/mol. The lowest BCUT2D eigenvalue weighted by Crippen LogP contribution is -2.39. The molecule has 1 fully saturated rings. The Labute approximate surface area is 144 Å². The summed E-state index contributed by atoms with van der Waals surface area (Å²) in [5.41, 5.74) is 0.992. The van der Waals surface area contributed by atoms with Gasteiger partial charge in [0.05, 0.1) is 0 Å². The lowest BCUT2D eigenvalue weighted by atomic mass is 10.2. The summed E-state index contributed by atoms with van der Waals surface area (Å²) in [6.07, 6.45) is 0.519. The average Bonchev–Trinajstić information content (AvgIpc) is 2.74. The molecule has 9 heteroatoms. The zero-order valence-corrected chi connectivity index (χ0v) is 13.9. The van der Waals surface area contributed by atoms with Crippen molar-refractivity contribution in [2.24, 2.45) is 0 Å². The van der Waals surface area contributed by atoms with Crippen molar-refractivity contribution in [3.63, 3.8) is 0 Å². The van der Waals surface area contributed by atoms with Gasteiger partial charge in [-0.2, -0.15) is 0 Å². The smallest absolute Gasteiger partial charge is 0.326 e. The van der Waals surface area contributed by atoms with Crippen LogP contribution in [0.3, 0.4) is 0 Å². The number of carbonyl (C=O) groups is 5. The van der Waals surface area contributed by atoms with E-state index in [0.29, 0.717) is 22.7 Å². The number of hydrogen-bond donors (Lipinski definition) is 2. The van der Waals surface area contributed by atoms with Crippen LogP contribution in [-0.2, 0) is 19.2 Å². The third-order valence-corrected chi connectivity index (χ3v) is 3.37. The van der Waals surface area contributed by atoms with Crippen molar-refractivity contribution in [2.45, 2.75) is 20.3 Å². The molecule has 25 heavy (non-hydrogen) atoms. The van der Waals surface area contributed by atoms with Gasteiger partial charge in [0.1, 0.15) is 6.54 Å². The largest absolute Gasteiger partial charge is 0.334 e. The van der Waals surface area contributed by atoms with Gasteiger partial charge in [0.15, 0.2) is 0 Å². The third-order valence-electron chi connectivity index (χ3n) is 3.37. The molecule has 0 aromatic heterocycles. The van der Waals surface area contributed by atoms with Gasteiger partial charge < -0.3 is 10.6 Å². The van der Waals surface area contributed by atoms with Gasteiger partial charge in [-0.15, -0.1) is 0 Å². The van der Waals surface area contributed by atoms with Crippen LogP contribution < -0.4 is 10.6 Å². The lowest BCUT2D eigenvalue weighted by molar-refractivity contribution is -0.143. The second kappa shape index (κ2) is 7.56. The predicted octanol–water partition coefficient (Wildman–Crippen LogP) is 0.784. The molecule has 1 heterocycles. The van der Waals surface area contributed by atoms with E-state index in [4.69, 9.17) is 0 Å². The minimum Gasteiger partial charge on any atom is -0.326 e. The van der Waals surface area contributed by atoms with E-state index in [9.17, 15) is 24.0 Å². The molecule has 2 N–H and O–H groups in total. The summed E-state index contributed by atoms with van der Waals surface area (Å²) in [6, 6.07) is 5.52. The quantitative estimate of drug-likeness (QED) is 0.583. The molecule has 9 nitrogen and oxygen atoms in total. The van der Waals surface area contributed by atoms with Crippen LogP contribution in [0.4, 0.5) is 16.2 Å². The second-order valence-electron chi connectivity index (χ2n) is 5.44. The van der Waals surface area contributed by atoms with Crippen LogP contribution in [0.25, 0.3) is 0 Å². The number of benzene rings is 1. The molecular formula is C16H18N4O5. The first-order valence-electron chi connectivity index (χ1n) is 7.68. The molecule has 1 saturated heterocycles. The lowest BCUT2D eigenvalue weighted by Gasteiger charge is -2.14. The van der Waals surface area contributed by atoms with Gasteiger partial charge in [-0.25, -0.2) is 9.69 Å². The van der Waals surface area contributed by atoms with Crippen molar-refractivity contribution < 1.29 is 24.0 Å². The number of anilines is 2. The molecule has 6 amide bonds. The van der Waals surface area contributed by atoms with Gasteiger partial charge in [0.2, 0.25) is 11.8 Å². The van der Waals surface area contributed by atoms with Crippen LogP contribution in [0.1, 0.15) is 20.3 Å². The molecule has 0 radical (unpaired) electrons. The van der Waals surface area contributed by atoms with E-state index in [-0.39, 0.29) is 12.5 Å². The van der Waals surface area contributed by atoms with Crippen LogP contribution in [0.15, 0.2) is 24.3 Å². The fraction of sp³-hybridized carbons (Fsp3) is 0.312. The number of amides is 6. The van der Waals surface area contributed by atoms with E-state index in [0.717, 1.165) is 4.90 Å². The Kier molecular flexibility index (Phi) is 5.48. The third kappa shape index (κ3) is 4.19. The minimum absolute atomic E-state index is 0.131. The van der Waals surface area contributed by atoms with Crippen LogP contribution in [0, 0.1) is 0 Å². The number of rotatable bonds is 6. The maximum Gasteiger partial charge on any atom is 0.334 e. The molecule has 0 bridgehead atoms. The Morgan fingerprint density at radius 1 is 0.920 bits per heavy atom. The first kappa shape index (κ1) is 18.1. The number of urea groups is 1. The summed E-state index contributed by atoms with van der Waals surface area (Å²) in [5, 5.41) is 5.11. The highest BCUT2D eigenvalue weighted by molar-refractivity contribution is 6.45. The molecular weight excluding hydrogens is 328 g/mol. The Morgan fingerprint density at radius 2 is 1.44 bits per heavy atom. The Morgan fingerprint density at radius 3 is 1.96 bits per heavy atom. The summed E-state index contributed by atoms with van der Waals surface area (Å²) in [7, 11) is 0. The highest BCUT2D eigenvalue weighted by atomic mass is 16.2. The summed E-state index contributed by atoms with van der Waals surface area (Å²) < 4.78 is 0. The standard InChI is InChI=1S/C16H18N4O5/c1-3-8-19-14(23)15(24)20(16(19)25)9-13(22)18-12-6-4-11(5-7-12)17-10(2)21/h4-7H,3,8-9H2,1-2H3,(H,17,21)(H,18,22). The van der Waals surface area contributed by atoms with E-state index < -0.39 is 30.3 Å². The zero-order valence-electron chi connectivity index (χ0n) is 13.9. The number of carbonyl (C=O) groups excluding carboxylic acids is 5. The molecule has 1 aromatic carbocycles. The molecule has 1 aromatic rings. The van der Waals surface area contributed by atoms with Crippen LogP contribution in [0.5, 0.6) is 0 Å². The van der Waals surface area contributed by atoms with E-state index >= 15 is 0 Å². The second-order valence-corrected chi connectivity index (χ2v) is 5.44. The predicted molar refractivity (Wildman–Crippen MR) is 88.5 cm³/mol. The molecule has 1 aliphatic heterocycles. The van der Waals surface area contributed by atoms with E-state index in [1.165, 1.54) is 6.92 Å². The van der Waals surface area contributed by atoms with Crippen molar-refractivity contribution in [3.8, 4) is 0 Å². The molecule has 0 unspecified atom stereocenters. The van der Waals surface area contributed by atoms with Crippen LogP contribution in [0.2, 0.25) is 0 Å². The molecule has 0 atom stereocenters. The van der Waals surface area contributed by atoms with E-state index in [1.54, 1.807) is 31.2 Å². The van der Waals surface area contributed by atoms with Gasteiger partial charge in [0, 0.05) is 24.8 Å². The maximum atomic E-state index is 12.0. The zero-order chi connectivity index (χ0) is 18.6. The topological polar surface area (TPSA) is 116 Å². The van der Waals surface area contributed by atoms with E-state index in [2.05, 4.69) is 10.6 Å². The number of hydrogen-bond acceptors (Lipinski definition) is 5. The van der Waals surface area contributed by atoms with Crippen molar-refractivity contribution in [1.82, 2.24) is 9.80 Å². The molecule has 0 spiro atoms. The summed E-state index contributed by atoms with van der Waals surface area (Å²) in [5.74, 6) is -2.75. The summed E-state index contributed by atoms with van der Waals surface area (Å²) >= 11 is 0. The first-order valence-corrected chi connectivity index (χ1v) is 7.68.